The molecule has 108 valence electrons. The highest BCUT2D eigenvalue weighted by Gasteiger charge is 2.28. The Balaban J connectivity index is 1.90. The number of fused-ring (bicyclic) bond motifs is 1. The van der Waals surface area contributed by atoms with Crippen molar-refractivity contribution in [2.75, 3.05) is 17.3 Å². The highest BCUT2D eigenvalue weighted by atomic mass is 79.9. The van der Waals surface area contributed by atoms with Gasteiger partial charge in [-0.1, -0.05) is 6.07 Å². The van der Waals surface area contributed by atoms with E-state index in [4.69, 9.17) is 5.73 Å². The smallest absolute Gasteiger partial charge is 0.245 e. The van der Waals surface area contributed by atoms with Crippen molar-refractivity contribution in [2.24, 2.45) is 5.73 Å². The van der Waals surface area contributed by atoms with Gasteiger partial charge in [0.1, 0.15) is 6.04 Å². The number of benzene rings is 1. The van der Waals surface area contributed by atoms with Gasteiger partial charge in [0.25, 0.3) is 0 Å². The fourth-order valence-electron chi connectivity index (χ4n) is 2.44. The molecule has 0 radical (unpaired) electrons. The number of halogens is 1. The minimum atomic E-state index is -0.589. The predicted molar refractivity (Wildman–Crippen MR) is 86.0 cm³/mol. The van der Waals surface area contributed by atoms with Gasteiger partial charge in [-0.05, 0) is 39.7 Å². The molecule has 1 aliphatic heterocycles. The summed E-state index contributed by atoms with van der Waals surface area (Å²) < 4.78 is 0.916. The molecule has 6 heteroatoms. The Hall–Kier alpha value is -1.92. The molecule has 0 saturated heterocycles. The van der Waals surface area contributed by atoms with Crippen molar-refractivity contribution in [2.45, 2.75) is 12.6 Å². The lowest BCUT2D eigenvalue weighted by atomic mass is 10.1. The van der Waals surface area contributed by atoms with Crippen molar-refractivity contribution in [1.29, 1.82) is 0 Å². The van der Waals surface area contributed by atoms with Crippen molar-refractivity contribution in [3.63, 3.8) is 0 Å². The van der Waals surface area contributed by atoms with E-state index in [9.17, 15) is 4.79 Å². The molecule has 0 spiro atoms. The zero-order valence-corrected chi connectivity index (χ0v) is 13.1. The van der Waals surface area contributed by atoms with Crippen LogP contribution in [-0.4, -0.2) is 17.9 Å². The molecule has 0 fully saturated rings. The quantitative estimate of drug-likeness (QED) is 0.895. The van der Waals surface area contributed by atoms with E-state index in [1.165, 1.54) is 0 Å². The van der Waals surface area contributed by atoms with Gasteiger partial charge in [0.05, 0.1) is 5.69 Å². The van der Waals surface area contributed by atoms with Gasteiger partial charge in [-0.15, -0.1) is 0 Å². The predicted octanol–water partition coefficient (Wildman–Crippen LogP) is 2.43. The molecule has 3 rings (SSSR count). The van der Waals surface area contributed by atoms with Gasteiger partial charge in [0.15, 0.2) is 0 Å². The van der Waals surface area contributed by atoms with Crippen LogP contribution in [-0.2, 0) is 11.3 Å². The number of carbonyl (C=O) groups is 1. The van der Waals surface area contributed by atoms with Crippen LogP contribution in [0, 0.1) is 0 Å². The third-order valence-corrected chi connectivity index (χ3v) is 4.18. The topological polar surface area (TPSA) is 71.2 Å². The average Bonchev–Trinajstić information content (AvgIpc) is 2.74. The highest BCUT2D eigenvalue weighted by molar-refractivity contribution is 9.10. The van der Waals surface area contributed by atoms with E-state index in [0.29, 0.717) is 0 Å². The summed E-state index contributed by atoms with van der Waals surface area (Å²) in [7, 11) is 2.00. The molecular formula is C15H15BrN4O. The zero-order valence-electron chi connectivity index (χ0n) is 11.5. The van der Waals surface area contributed by atoms with Crippen LogP contribution >= 0.6 is 15.9 Å². The summed E-state index contributed by atoms with van der Waals surface area (Å²) in [5.41, 5.74) is 9.57. The lowest BCUT2D eigenvalue weighted by molar-refractivity contribution is -0.116. The van der Waals surface area contributed by atoms with Crippen molar-refractivity contribution < 1.29 is 4.79 Å². The maximum atomic E-state index is 11.6. The number of hydrogen-bond acceptors (Lipinski definition) is 4. The molecule has 0 bridgehead atoms. The molecule has 1 amide bonds. The number of nitrogens with one attached hydrogen (secondary N) is 1. The average molecular weight is 347 g/mol. The van der Waals surface area contributed by atoms with Crippen LogP contribution in [0.25, 0.3) is 0 Å². The Morgan fingerprint density at radius 1 is 1.48 bits per heavy atom. The lowest BCUT2D eigenvalue weighted by Crippen LogP contribution is -2.19. The lowest BCUT2D eigenvalue weighted by Gasteiger charge is -2.22. The third kappa shape index (κ3) is 2.64. The molecule has 2 aromatic rings. The van der Waals surface area contributed by atoms with Crippen molar-refractivity contribution >= 4 is 33.2 Å². The Kier molecular flexibility index (Phi) is 3.65. The first kappa shape index (κ1) is 14.0. The Bertz CT molecular complexity index is 690. The number of nitrogens with zero attached hydrogens (tertiary/aromatic N) is 2. The minimum Gasteiger partial charge on any atom is -0.369 e. The van der Waals surface area contributed by atoms with Crippen molar-refractivity contribution in [1.82, 2.24) is 4.98 Å². The summed E-state index contributed by atoms with van der Waals surface area (Å²) >= 11 is 3.56. The number of rotatable bonds is 3. The summed E-state index contributed by atoms with van der Waals surface area (Å²) in [6.07, 6.45) is 3.60. The number of carbonyl (C=O) groups excluding carboxylic acids is 1. The van der Waals surface area contributed by atoms with E-state index in [1.54, 1.807) is 6.20 Å². The first-order valence-corrected chi connectivity index (χ1v) is 7.35. The number of amides is 1. The van der Waals surface area contributed by atoms with E-state index in [2.05, 4.69) is 31.1 Å². The SMILES string of the molecule is CN(Cc1cccnc1)c1cc2c(cc1Br)C(N)C(=O)N2. The highest BCUT2D eigenvalue weighted by Crippen LogP contribution is 2.38. The second kappa shape index (κ2) is 5.46. The molecule has 1 aliphatic rings. The normalized spacial score (nSPS) is 16.5. The Morgan fingerprint density at radius 2 is 2.29 bits per heavy atom. The van der Waals surface area contributed by atoms with E-state index < -0.39 is 6.04 Å². The number of anilines is 2. The van der Waals surface area contributed by atoms with Gasteiger partial charge in [-0.25, -0.2) is 0 Å². The van der Waals surface area contributed by atoms with E-state index in [1.807, 2.05) is 37.5 Å². The van der Waals surface area contributed by atoms with Crippen LogP contribution in [0.5, 0.6) is 0 Å². The Morgan fingerprint density at radius 3 is 3.00 bits per heavy atom. The molecule has 0 saturated carbocycles. The van der Waals surface area contributed by atoms with E-state index >= 15 is 0 Å². The molecular weight excluding hydrogens is 332 g/mol. The van der Waals surface area contributed by atoms with Crippen molar-refractivity contribution in [3.8, 4) is 0 Å². The van der Waals surface area contributed by atoms with Gasteiger partial charge < -0.3 is 16.0 Å². The largest absolute Gasteiger partial charge is 0.369 e. The maximum absolute atomic E-state index is 11.6. The number of hydrogen-bond donors (Lipinski definition) is 2. The fraction of sp³-hybridized carbons (Fsp3) is 0.200. The third-order valence-electron chi connectivity index (χ3n) is 3.55. The van der Waals surface area contributed by atoms with Crippen LogP contribution in [0.4, 0.5) is 11.4 Å². The molecule has 0 aliphatic carbocycles. The second-order valence-electron chi connectivity index (χ2n) is 5.08. The molecule has 1 aromatic carbocycles. The van der Waals surface area contributed by atoms with Crippen LogP contribution in [0.1, 0.15) is 17.2 Å². The van der Waals surface area contributed by atoms with Gasteiger partial charge in [-0.3, -0.25) is 9.78 Å². The fourth-order valence-corrected chi connectivity index (χ4v) is 3.10. The number of nitrogens with two attached hydrogens (primary N) is 1. The summed E-state index contributed by atoms with van der Waals surface area (Å²) in [4.78, 5) is 17.9. The maximum Gasteiger partial charge on any atom is 0.245 e. The van der Waals surface area contributed by atoms with Gasteiger partial charge in [0.2, 0.25) is 5.91 Å². The first-order chi connectivity index (χ1) is 10.1. The summed E-state index contributed by atoms with van der Waals surface area (Å²) in [5, 5.41) is 2.81. The van der Waals surface area contributed by atoms with E-state index in [-0.39, 0.29) is 5.91 Å². The van der Waals surface area contributed by atoms with Gasteiger partial charge in [0, 0.05) is 41.7 Å². The van der Waals surface area contributed by atoms with E-state index in [0.717, 1.165) is 33.5 Å². The zero-order chi connectivity index (χ0) is 15.0. The Labute approximate surface area is 131 Å². The second-order valence-corrected chi connectivity index (χ2v) is 5.93. The molecule has 1 unspecified atom stereocenters. The van der Waals surface area contributed by atoms with Crippen LogP contribution < -0.4 is 16.0 Å². The first-order valence-electron chi connectivity index (χ1n) is 6.56. The summed E-state index contributed by atoms with van der Waals surface area (Å²) in [6.45, 7) is 0.727. The van der Waals surface area contributed by atoms with Gasteiger partial charge in [-0.2, -0.15) is 0 Å². The summed E-state index contributed by atoms with van der Waals surface area (Å²) in [5.74, 6) is -0.163. The van der Waals surface area contributed by atoms with Crippen molar-refractivity contribution in [3.05, 3.63) is 52.3 Å². The molecule has 3 N–H and O–H groups in total. The van der Waals surface area contributed by atoms with Crippen LogP contribution in [0.3, 0.4) is 0 Å². The standard InChI is InChI=1S/C15H15BrN4O/c1-20(8-9-3-2-4-18-7-9)13-6-12-10(5-11(13)16)14(17)15(21)19-12/h2-7,14H,8,17H2,1H3,(H,19,21). The molecule has 1 atom stereocenters. The molecule has 21 heavy (non-hydrogen) atoms. The molecule has 2 heterocycles. The summed E-state index contributed by atoms with van der Waals surface area (Å²) in [6, 6.07) is 7.21. The van der Waals surface area contributed by atoms with Crippen LogP contribution in [0.2, 0.25) is 0 Å². The molecule has 5 nitrogen and oxygen atoms in total. The van der Waals surface area contributed by atoms with Gasteiger partial charge >= 0.3 is 0 Å². The molecule has 1 aromatic heterocycles. The van der Waals surface area contributed by atoms with Crippen LogP contribution in [0.15, 0.2) is 41.1 Å². The monoisotopic (exact) mass is 346 g/mol. The number of pyridine rings is 1. The minimum absolute atomic E-state index is 0.163. The number of aromatic nitrogens is 1.